The summed E-state index contributed by atoms with van der Waals surface area (Å²) in [6, 6.07) is 12.2. The van der Waals surface area contributed by atoms with Crippen molar-refractivity contribution in [1.82, 2.24) is 5.32 Å². The molecule has 2 atom stereocenters. The Labute approximate surface area is 146 Å². The zero-order valence-corrected chi connectivity index (χ0v) is 14.2. The summed E-state index contributed by atoms with van der Waals surface area (Å²) < 4.78 is 23.7. The quantitative estimate of drug-likeness (QED) is 0.816. The minimum atomic E-state index is -0.779. The van der Waals surface area contributed by atoms with E-state index in [9.17, 15) is 9.18 Å². The van der Waals surface area contributed by atoms with Gasteiger partial charge in [-0.05, 0) is 42.3 Å². The Morgan fingerprint density at radius 2 is 1.96 bits per heavy atom. The minimum Gasteiger partial charge on any atom is -0.494 e. The van der Waals surface area contributed by atoms with Crippen LogP contribution in [-0.2, 0) is 9.53 Å². The van der Waals surface area contributed by atoms with Crippen LogP contribution >= 0.6 is 0 Å². The highest BCUT2D eigenvalue weighted by atomic mass is 19.1. The maximum atomic E-state index is 13.9. The Bertz CT molecular complexity index is 801. The summed E-state index contributed by atoms with van der Waals surface area (Å²) in [5.74, 6) is -0.812. The number of hydrogen-bond donors (Lipinski definition) is 1. The zero-order chi connectivity index (χ0) is 18.4. The molecule has 0 aliphatic rings. The van der Waals surface area contributed by atoms with Gasteiger partial charge in [0.25, 0.3) is 0 Å². The molecular formula is C19H19FN2O3. The van der Waals surface area contributed by atoms with Crippen LogP contribution in [0.1, 0.15) is 35.7 Å². The van der Waals surface area contributed by atoms with Gasteiger partial charge >= 0.3 is 5.97 Å². The van der Waals surface area contributed by atoms with Crippen molar-refractivity contribution < 1.29 is 18.7 Å². The molecule has 0 radical (unpaired) electrons. The predicted molar refractivity (Wildman–Crippen MR) is 90.4 cm³/mol. The number of nitrogens with zero attached hydrogens (tertiary/aromatic N) is 1. The first kappa shape index (κ1) is 18.4. The Kier molecular flexibility index (Phi) is 6.09. The fourth-order valence-electron chi connectivity index (χ4n) is 2.50. The van der Waals surface area contributed by atoms with Gasteiger partial charge in [0.1, 0.15) is 6.04 Å². The lowest BCUT2D eigenvalue weighted by molar-refractivity contribution is -0.143. The maximum absolute atomic E-state index is 13.9. The molecule has 0 amide bonds. The highest BCUT2D eigenvalue weighted by Gasteiger charge is 2.24. The number of carbonyl (C=O) groups excluding carboxylic acids is 1. The first-order chi connectivity index (χ1) is 12.0. The summed E-state index contributed by atoms with van der Waals surface area (Å²) in [6.45, 7) is 1.81. The van der Waals surface area contributed by atoms with Crippen molar-refractivity contribution in [1.29, 1.82) is 5.26 Å². The third-order valence-electron chi connectivity index (χ3n) is 3.88. The molecule has 2 aromatic rings. The normalized spacial score (nSPS) is 12.8. The summed E-state index contributed by atoms with van der Waals surface area (Å²) >= 11 is 0. The van der Waals surface area contributed by atoms with Crippen molar-refractivity contribution in [3.05, 3.63) is 65.0 Å². The second kappa shape index (κ2) is 8.27. The summed E-state index contributed by atoms with van der Waals surface area (Å²) in [6.07, 6.45) is 0. The molecule has 25 heavy (non-hydrogen) atoms. The first-order valence-corrected chi connectivity index (χ1v) is 7.67. The van der Waals surface area contributed by atoms with Crippen molar-refractivity contribution in [2.24, 2.45) is 0 Å². The SMILES string of the molecule is COC(=O)[C@@H](N[C@H](C)c1ccc(OC)c(F)c1)c1cccc(C#N)c1. The summed E-state index contributed by atoms with van der Waals surface area (Å²) in [4.78, 5) is 12.2. The molecule has 2 rings (SSSR count). The monoisotopic (exact) mass is 342 g/mol. The van der Waals surface area contributed by atoms with Crippen LogP contribution in [0, 0.1) is 17.1 Å². The molecule has 0 aliphatic heterocycles. The van der Waals surface area contributed by atoms with E-state index in [1.807, 2.05) is 13.0 Å². The van der Waals surface area contributed by atoms with Crippen molar-refractivity contribution in [3.8, 4) is 11.8 Å². The van der Waals surface area contributed by atoms with Crippen LogP contribution < -0.4 is 10.1 Å². The average molecular weight is 342 g/mol. The van der Waals surface area contributed by atoms with E-state index in [-0.39, 0.29) is 11.8 Å². The second-order valence-corrected chi connectivity index (χ2v) is 5.48. The van der Waals surface area contributed by atoms with Crippen molar-refractivity contribution >= 4 is 5.97 Å². The van der Waals surface area contributed by atoms with Gasteiger partial charge in [0.15, 0.2) is 11.6 Å². The maximum Gasteiger partial charge on any atom is 0.327 e. The molecule has 0 saturated carbocycles. The van der Waals surface area contributed by atoms with Crippen molar-refractivity contribution in [2.75, 3.05) is 14.2 Å². The lowest BCUT2D eigenvalue weighted by Crippen LogP contribution is -2.31. The van der Waals surface area contributed by atoms with Gasteiger partial charge in [-0.15, -0.1) is 0 Å². The Balaban J connectivity index is 2.29. The Morgan fingerprint density at radius 1 is 1.20 bits per heavy atom. The van der Waals surface area contributed by atoms with E-state index in [0.717, 1.165) is 0 Å². The molecule has 5 nitrogen and oxygen atoms in total. The minimum absolute atomic E-state index is 0.155. The molecule has 0 unspecified atom stereocenters. The molecular weight excluding hydrogens is 323 g/mol. The van der Waals surface area contributed by atoms with Gasteiger partial charge in [0, 0.05) is 6.04 Å². The Hall–Kier alpha value is -2.91. The van der Waals surface area contributed by atoms with Crippen LogP contribution in [0.3, 0.4) is 0 Å². The number of nitrogens with one attached hydrogen (secondary N) is 1. The van der Waals surface area contributed by atoms with E-state index in [2.05, 4.69) is 5.32 Å². The number of ether oxygens (including phenoxy) is 2. The molecule has 0 bridgehead atoms. The van der Waals surface area contributed by atoms with E-state index in [1.165, 1.54) is 26.4 Å². The van der Waals surface area contributed by atoms with E-state index < -0.39 is 17.8 Å². The number of rotatable bonds is 6. The van der Waals surface area contributed by atoms with Crippen LogP contribution in [0.2, 0.25) is 0 Å². The molecule has 0 aliphatic carbocycles. The van der Waals surface area contributed by atoms with Gasteiger partial charge in [-0.1, -0.05) is 18.2 Å². The Morgan fingerprint density at radius 3 is 2.56 bits per heavy atom. The van der Waals surface area contributed by atoms with Crippen LogP contribution in [0.25, 0.3) is 0 Å². The smallest absolute Gasteiger partial charge is 0.327 e. The molecule has 0 aromatic heterocycles. The standard InChI is InChI=1S/C19H19FN2O3/c1-12(14-7-8-17(24-2)16(20)10-14)22-18(19(23)25-3)15-6-4-5-13(9-15)11-21/h4-10,12,18,22H,1-3H3/t12-,18+/m1/s1. The van der Waals surface area contributed by atoms with Crippen molar-refractivity contribution in [3.63, 3.8) is 0 Å². The van der Waals surface area contributed by atoms with Crippen molar-refractivity contribution in [2.45, 2.75) is 19.0 Å². The largest absolute Gasteiger partial charge is 0.494 e. The number of hydrogen-bond acceptors (Lipinski definition) is 5. The zero-order valence-electron chi connectivity index (χ0n) is 14.2. The van der Waals surface area contributed by atoms with E-state index in [0.29, 0.717) is 16.7 Å². The van der Waals surface area contributed by atoms with Gasteiger partial charge in [-0.3, -0.25) is 5.32 Å². The third kappa shape index (κ3) is 4.34. The number of halogens is 1. The van der Waals surface area contributed by atoms with Crippen LogP contribution in [0.4, 0.5) is 4.39 Å². The topological polar surface area (TPSA) is 71.3 Å². The van der Waals surface area contributed by atoms with Gasteiger partial charge < -0.3 is 9.47 Å². The first-order valence-electron chi connectivity index (χ1n) is 7.67. The number of nitriles is 1. The van der Waals surface area contributed by atoms with Crippen LogP contribution in [0.5, 0.6) is 5.75 Å². The fraction of sp³-hybridized carbons (Fsp3) is 0.263. The highest BCUT2D eigenvalue weighted by Crippen LogP contribution is 2.25. The van der Waals surface area contributed by atoms with Gasteiger partial charge in [-0.2, -0.15) is 5.26 Å². The van der Waals surface area contributed by atoms with Crippen LogP contribution in [0.15, 0.2) is 42.5 Å². The number of benzene rings is 2. The highest BCUT2D eigenvalue weighted by molar-refractivity contribution is 5.77. The van der Waals surface area contributed by atoms with Gasteiger partial charge in [0.2, 0.25) is 0 Å². The van der Waals surface area contributed by atoms with Crippen LogP contribution in [-0.4, -0.2) is 20.2 Å². The molecule has 1 N–H and O–H groups in total. The van der Waals surface area contributed by atoms with E-state index in [4.69, 9.17) is 14.7 Å². The molecule has 0 saturated heterocycles. The average Bonchev–Trinajstić information content (AvgIpc) is 2.65. The summed E-state index contributed by atoms with van der Waals surface area (Å²) in [5, 5.41) is 12.2. The molecule has 0 fully saturated rings. The summed E-state index contributed by atoms with van der Waals surface area (Å²) in [5.41, 5.74) is 1.70. The number of methoxy groups -OCH3 is 2. The molecule has 6 heteroatoms. The molecule has 0 heterocycles. The molecule has 2 aromatic carbocycles. The third-order valence-corrected chi connectivity index (χ3v) is 3.88. The van der Waals surface area contributed by atoms with Gasteiger partial charge in [-0.25, -0.2) is 9.18 Å². The fourth-order valence-corrected chi connectivity index (χ4v) is 2.50. The summed E-state index contributed by atoms with van der Waals surface area (Å²) in [7, 11) is 2.69. The lowest BCUT2D eigenvalue weighted by atomic mass is 10.0. The molecule has 130 valence electrons. The lowest BCUT2D eigenvalue weighted by Gasteiger charge is -2.22. The van der Waals surface area contributed by atoms with E-state index in [1.54, 1.807) is 30.3 Å². The number of carbonyl (C=O) groups is 1. The predicted octanol–water partition coefficient (Wildman–Crippen LogP) is 3.27. The molecule has 0 spiro atoms. The number of esters is 1. The second-order valence-electron chi connectivity index (χ2n) is 5.48. The van der Waals surface area contributed by atoms with Gasteiger partial charge in [0.05, 0.1) is 25.9 Å². The van der Waals surface area contributed by atoms with E-state index >= 15 is 0 Å².